The molecule has 1 fully saturated rings. The number of aliphatic hydroxyl groups excluding tert-OH is 1. The van der Waals surface area contributed by atoms with Gasteiger partial charge in [0.2, 0.25) is 11.9 Å². The Morgan fingerprint density at radius 1 is 1.29 bits per heavy atom. The van der Waals surface area contributed by atoms with Gasteiger partial charge in [0.25, 0.3) is 5.91 Å². The fourth-order valence-corrected chi connectivity index (χ4v) is 6.31. The number of aryl methyl sites for hydroxylation is 1. The van der Waals surface area contributed by atoms with Gasteiger partial charge in [-0.15, -0.1) is 11.3 Å². The number of hydrogen-bond donors (Lipinski definition) is 3. The van der Waals surface area contributed by atoms with E-state index in [-0.39, 0.29) is 17.7 Å². The van der Waals surface area contributed by atoms with Gasteiger partial charge in [-0.1, -0.05) is 0 Å². The van der Waals surface area contributed by atoms with Crippen LogP contribution in [0.1, 0.15) is 52.2 Å². The summed E-state index contributed by atoms with van der Waals surface area (Å²) in [5, 5.41) is 16.1. The minimum absolute atomic E-state index is 0.239. The molecule has 0 spiro atoms. The van der Waals surface area contributed by atoms with Gasteiger partial charge in [0.15, 0.2) is 0 Å². The Balaban J connectivity index is 1.30. The molecule has 10 nitrogen and oxygen atoms in total. The van der Waals surface area contributed by atoms with E-state index in [2.05, 4.69) is 15.6 Å². The summed E-state index contributed by atoms with van der Waals surface area (Å²) in [4.78, 5) is 39.3. The lowest BCUT2D eigenvalue weighted by Gasteiger charge is -2.32. The first-order valence-corrected chi connectivity index (χ1v) is 14.5. The van der Waals surface area contributed by atoms with Crippen LogP contribution in [0.3, 0.4) is 0 Å². The van der Waals surface area contributed by atoms with E-state index in [1.165, 1.54) is 35.5 Å². The number of rotatable bonds is 9. The Morgan fingerprint density at radius 3 is 2.80 bits per heavy atom. The van der Waals surface area contributed by atoms with Gasteiger partial charge in [0.1, 0.15) is 17.6 Å². The maximum absolute atomic E-state index is 14.0. The van der Waals surface area contributed by atoms with Gasteiger partial charge >= 0.3 is 0 Å². The van der Waals surface area contributed by atoms with Crippen molar-refractivity contribution in [2.45, 2.75) is 51.2 Å². The lowest BCUT2D eigenvalue weighted by atomic mass is 10.0. The molecule has 0 saturated carbocycles. The largest absolute Gasteiger partial charge is 0.497 e. The van der Waals surface area contributed by atoms with Crippen LogP contribution in [0, 0.1) is 12.7 Å². The van der Waals surface area contributed by atoms with E-state index in [9.17, 15) is 19.1 Å². The topological polar surface area (TPSA) is 126 Å². The first-order valence-electron chi connectivity index (χ1n) is 13.6. The molecule has 0 unspecified atom stereocenters. The second kappa shape index (κ2) is 12.5. The number of halogens is 1. The summed E-state index contributed by atoms with van der Waals surface area (Å²) >= 11 is 1.53. The number of thiophene rings is 1. The van der Waals surface area contributed by atoms with Crippen molar-refractivity contribution >= 4 is 29.1 Å². The molecule has 2 aliphatic heterocycles. The molecule has 2 aromatic heterocycles. The number of benzene rings is 1. The lowest BCUT2D eigenvalue weighted by Crippen LogP contribution is -2.51. The Hall–Kier alpha value is -3.61. The highest BCUT2D eigenvalue weighted by atomic mass is 32.1. The minimum Gasteiger partial charge on any atom is -0.497 e. The monoisotopic (exact) mass is 583 g/mol. The van der Waals surface area contributed by atoms with E-state index in [4.69, 9.17) is 14.5 Å². The number of aliphatic hydroxyl groups is 1. The smallest absolute Gasteiger partial charge is 0.255 e. The Morgan fingerprint density at radius 2 is 2.07 bits per heavy atom. The molecule has 3 N–H and O–H groups in total. The third-order valence-electron chi connectivity index (χ3n) is 7.52. The number of carbonyl (C=O) groups excluding carboxylic acids is 2. The molecule has 0 aliphatic carbocycles. The molecule has 2 atom stereocenters. The number of ether oxygens (including phenoxy) is 2. The van der Waals surface area contributed by atoms with Gasteiger partial charge in [-0.25, -0.2) is 14.4 Å². The van der Waals surface area contributed by atoms with Crippen LogP contribution >= 0.6 is 11.3 Å². The second-order valence-electron chi connectivity index (χ2n) is 10.3. The fourth-order valence-electron chi connectivity index (χ4n) is 5.12. The van der Waals surface area contributed by atoms with Crippen LogP contribution in [0.5, 0.6) is 5.75 Å². The molecule has 2 amide bonds. The van der Waals surface area contributed by atoms with Crippen molar-refractivity contribution in [1.82, 2.24) is 20.2 Å². The zero-order valence-corrected chi connectivity index (χ0v) is 24.1. The number of amides is 2. The molecule has 2 aliphatic rings. The molecule has 1 aromatic carbocycles. The van der Waals surface area contributed by atoms with Crippen LogP contribution < -0.4 is 15.4 Å². The number of methoxy groups -OCH3 is 1. The van der Waals surface area contributed by atoms with Gasteiger partial charge in [-0.05, 0) is 56.0 Å². The van der Waals surface area contributed by atoms with Gasteiger partial charge in [-0.2, -0.15) is 0 Å². The maximum atomic E-state index is 14.0. The van der Waals surface area contributed by atoms with E-state index in [1.807, 2.05) is 13.0 Å². The van der Waals surface area contributed by atoms with Crippen molar-refractivity contribution in [2.75, 3.05) is 38.8 Å². The number of carbonyl (C=O) groups is 2. The normalized spacial score (nSPS) is 17.1. The van der Waals surface area contributed by atoms with Crippen molar-refractivity contribution in [3.63, 3.8) is 0 Å². The van der Waals surface area contributed by atoms with Crippen LogP contribution in [0.4, 0.5) is 10.3 Å². The number of hydrogen-bond acceptors (Lipinski definition) is 9. The summed E-state index contributed by atoms with van der Waals surface area (Å²) in [6.07, 6.45) is 4.18. The minimum atomic E-state index is -0.859. The molecule has 12 heteroatoms. The van der Waals surface area contributed by atoms with Gasteiger partial charge in [-0.3, -0.25) is 9.59 Å². The van der Waals surface area contributed by atoms with Crippen molar-refractivity contribution in [1.29, 1.82) is 0 Å². The highest BCUT2D eigenvalue weighted by Gasteiger charge is 2.34. The zero-order valence-electron chi connectivity index (χ0n) is 23.3. The zero-order chi connectivity index (χ0) is 29.1. The van der Waals surface area contributed by atoms with Crippen molar-refractivity contribution in [3.8, 4) is 16.3 Å². The number of nitrogens with one attached hydrogen (secondary N) is 2. The van der Waals surface area contributed by atoms with Crippen LogP contribution in [-0.2, 0) is 16.0 Å². The summed E-state index contributed by atoms with van der Waals surface area (Å²) in [7, 11) is 1.41. The first kappa shape index (κ1) is 28.9. The van der Waals surface area contributed by atoms with E-state index in [0.717, 1.165) is 33.9 Å². The lowest BCUT2D eigenvalue weighted by molar-refractivity contribution is -0.126. The molecule has 41 heavy (non-hydrogen) atoms. The predicted molar refractivity (Wildman–Crippen MR) is 153 cm³/mol. The van der Waals surface area contributed by atoms with Crippen LogP contribution in [0.2, 0.25) is 0 Å². The number of aromatic nitrogens is 2. The Bertz CT molecular complexity index is 1430. The standard InChI is InChI=1S/C29H34FN5O5S/c1-16-14-31-29(32-20-5-8-40-9-6-20)34-26(16)25-13-22-24(41-25)4-7-35(28(22)38)17(2)27(37)33-23(15-36)18-10-19(30)12-21(11-18)39-3/h10-14,17,20,23,36H,4-9,15H2,1-3H3,(H,33,37)(H,31,32,34)/t17-,23-/m1/s1. The van der Waals surface area contributed by atoms with Crippen LogP contribution in [-0.4, -0.2) is 77.3 Å². The summed E-state index contributed by atoms with van der Waals surface area (Å²) in [5.74, 6) is -0.404. The third kappa shape index (κ3) is 6.34. The van der Waals surface area contributed by atoms with Gasteiger partial charge in [0.05, 0.1) is 35.9 Å². The van der Waals surface area contributed by atoms with E-state index in [1.54, 1.807) is 19.2 Å². The Labute approximate surface area is 241 Å². The number of anilines is 1. The molecule has 0 radical (unpaired) electrons. The third-order valence-corrected chi connectivity index (χ3v) is 8.72. The summed E-state index contributed by atoms with van der Waals surface area (Å²) < 4.78 is 24.6. The van der Waals surface area contributed by atoms with Crippen molar-refractivity contribution in [3.05, 3.63) is 57.8 Å². The first-order chi connectivity index (χ1) is 19.8. The highest BCUT2D eigenvalue weighted by Crippen LogP contribution is 2.36. The summed E-state index contributed by atoms with van der Waals surface area (Å²) in [5.41, 5.74) is 2.60. The second-order valence-corrected chi connectivity index (χ2v) is 11.4. The summed E-state index contributed by atoms with van der Waals surface area (Å²) in [6.45, 7) is 4.94. The average Bonchev–Trinajstić information content (AvgIpc) is 3.42. The predicted octanol–water partition coefficient (Wildman–Crippen LogP) is 3.49. The van der Waals surface area contributed by atoms with Crippen molar-refractivity contribution < 1.29 is 28.6 Å². The quantitative estimate of drug-likeness (QED) is 0.350. The molecular formula is C29H34FN5O5S. The highest BCUT2D eigenvalue weighted by molar-refractivity contribution is 7.15. The average molecular weight is 584 g/mol. The van der Waals surface area contributed by atoms with Gasteiger partial charge < -0.3 is 30.1 Å². The number of nitrogens with zero attached hydrogens (tertiary/aromatic N) is 3. The Kier molecular flexibility index (Phi) is 8.81. The molecule has 0 bridgehead atoms. The molecule has 4 heterocycles. The molecular weight excluding hydrogens is 549 g/mol. The SMILES string of the molecule is COc1cc(F)cc([C@@H](CO)NC(=O)[C@@H](C)N2CCc3sc(-c4nc(NC5CCOCC5)ncc4C)cc3C2=O)c1. The van der Waals surface area contributed by atoms with E-state index >= 15 is 0 Å². The van der Waals surface area contributed by atoms with Crippen molar-refractivity contribution in [2.24, 2.45) is 0 Å². The maximum Gasteiger partial charge on any atom is 0.255 e. The molecule has 218 valence electrons. The molecule has 1 saturated heterocycles. The van der Waals surface area contributed by atoms with Crippen LogP contribution in [0.15, 0.2) is 30.5 Å². The van der Waals surface area contributed by atoms with Gasteiger partial charge in [0, 0.05) is 49.4 Å². The fraction of sp³-hybridized carbons (Fsp3) is 0.448. The van der Waals surface area contributed by atoms with E-state index < -0.39 is 30.4 Å². The molecule has 5 rings (SSSR count). The number of fused-ring (bicyclic) bond motifs is 1. The summed E-state index contributed by atoms with van der Waals surface area (Å²) in [6, 6.07) is 4.45. The van der Waals surface area contributed by atoms with Crippen LogP contribution in [0.25, 0.3) is 10.6 Å². The van der Waals surface area contributed by atoms with E-state index in [0.29, 0.717) is 43.3 Å². The molecule has 3 aromatic rings.